The maximum absolute atomic E-state index is 11.4. The van der Waals surface area contributed by atoms with Crippen molar-refractivity contribution in [1.29, 1.82) is 0 Å². The Morgan fingerprint density at radius 2 is 2.00 bits per heavy atom. The highest BCUT2D eigenvalue weighted by atomic mass is 32.1. The Morgan fingerprint density at radius 3 is 2.71 bits per heavy atom. The van der Waals surface area contributed by atoms with Gasteiger partial charge in [0.15, 0.2) is 0 Å². The number of nitrogens with one attached hydrogen (secondary N) is 1. The van der Waals surface area contributed by atoms with Crippen LogP contribution in [0.25, 0.3) is 10.1 Å². The summed E-state index contributed by atoms with van der Waals surface area (Å²) in [6.07, 6.45) is 0. The quantitative estimate of drug-likeness (QED) is 0.903. The molecule has 0 atom stereocenters. The molecular formula is C15H19N3O2S. The number of piperazine rings is 1. The minimum atomic E-state index is -0.841. The Morgan fingerprint density at radius 1 is 1.29 bits per heavy atom. The molecule has 0 spiro atoms. The zero-order valence-electron chi connectivity index (χ0n) is 12.0. The number of carboxylic acids is 1. The number of carbonyl (C=O) groups is 1. The fourth-order valence-corrected chi connectivity index (χ4v) is 3.66. The highest BCUT2D eigenvalue weighted by Gasteiger charge is 2.19. The van der Waals surface area contributed by atoms with E-state index in [-0.39, 0.29) is 0 Å². The van der Waals surface area contributed by atoms with E-state index in [4.69, 9.17) is 0 Å². The summed E-state index contributed by atoms with van der Waals surface area (Å²) >= 11 is 1.35. The van der Waals surface area contributed by atoms with Crippen LogP contribution in [-0.4, -0.2) is 54.2 Å². The normalized spacial score (nSPS) is 17.4. The van der Waals surface area contributed by atoms with Crippen LogP contribution in [0.5, 0.6) is 0 Å². The lowest BCUT2D eigenvalue weighted by molar-refractivity contribution is 0.0699. The molecule has 5 nitrogen and oxygen atoms in total. The number of likely N-dealkylation sites (N-methyl/N-ethyl adjacent to an activating group) is 1. The topological polar surface area (TPSA) is 55.8 Å². The number of hydrogen-bond donors (Lipinski definition) is 2. The number of nitrogens with zero attached hydrogens (tertiary/aromatic N) is 2. The molecule has 0 aliphatic carbocycles. The average molecular weight is 305 g/mol. The molecule has 0 bridgehead atoms. The Bertz CT molecular complexity index is 647. The first-order valence-corrected chi connectivity index (χ1v) is 7.87. The highest BCUT2D eigenvalue weighted by molar-refractivity contribution is 7.21. The van der Waals surface area contributed by atoms with Crippen molar-refractivity contribution < 1.29 is 9.90 Å². The van der Waals surface area contributed by atoms with Gasteiger partial charge in [0.2, 0.25) is 0 Å². The second-order valence-corrected chi connectivity index (χ2v) is 6.39. The Balaban J connectivity index is 1.79. The van der Waals surface area contributed by atoms with E-state index in [1.807, 2.05) is 24.3 Å². The number of rotatable bonds is 4. The Hall–Kier alpha value is -1.47. The number of aromatic carboxylic acids is 1. The van der Waals surface area contributed by atoms with Crippen molar-refractivity contribution in [1.82, 2.24) is 15.3 Å². The summed E-state index contributed by atoms with van der Waals surface area (Å²) in [5.41, 5.74) is 4.27. The van der Waals surface area contributed by atoms with Gasteiger partial charge < -0.3 is 10.0 Å². The predicted molar refractivity (Wildman–Crippen MR) is 84.7 cm³/mol. The molecule has 1 aromatic carbocycles. The van der Waals surface area contributed by atoms with E-state index >= 15 is 0 Å². The van der Waals surface area contributed by atoms with E-state index in [9.17, 15) is 9.90 Å². The van der Waals surface area contributed by atoms with Crippen molar-refractivity contribution >= 4 is 27.4 Å². The summed E-state index contributed by atoms with van der Waals surface area (Å²) in [7, 11) is 2.12. The molecule has 1 aromatic heterocycles. The molecule has 0 unspecified atom stereocenters. The minimum absolute atomic E-state index is 0.442. The van der Waals surface area contributed by atoms with Crippen LogP contribution in [0, 0.1) is 0 Å². The molecule has 2 heterocycles. The van der Waals surface area contributed by atoms with E-state index in [0.717, 1.165) is 41.8 Å². The van der Waals surface area contributed by atoms with Crippen molar-refractivity contribution in [3.8, 4) is 0 Å². The number of hydrogen-bond acceptors (Lipinski definition) is 5. The van der Waals surface area contributed by atoms with Crippen LogP contribution in [0.3, 0.4) is 0 Å². The van der Waals surface area contributed by atoms with Crippen LogP contribution in [0.2, 0.25) is 0 Å². The first kappa shape index (κ1) is 14.5. The third-order valence-corrected chi connectivity index (χ3v) is 5.08. The van der Waals surface area contributed by atoms with Gasteiger partial charge in [-0.1, -0.05) is 18.2 Å². The van der Waals surface area contributed by atoms with Crippen molar-refractivity contribution in [2.75, 3.05) is 33.2 Å². The average Bonchev–Trinajstić information content (AvgIpc) is 2.86. The predicted octanol–water partition coefficient (Wildman–Crippen LogP) is 1.85. The van der Waals surface area contributed by atoms with Gasteiger partial charge in [-0.25, -0.2) is 9.80 Å². The van der Waals surface area contributed by atoms with Crippen molar-refractivity contribution in [3.05, 3.63) is 34.7 Å². The van der Waals surface area contributed by atoms with Gasteiger partial charge in [-0.05, 0) is 18.5 Å². The number of benzene rings is 1. The molecule has 1 saturated heterocycles. The van der Waals surface area contributed by atoms with E-state index in [1.54, 1.807) is 0 Å². The van der Waals surface area contributed by atoms with Crippen molar-refractivity contribution in [2.45, 2.75) is 6.54 Å². The summed E-state index contributed by atoms with van der Waals surface area (Å²) in [6.45, 7) is 4.55. The zero-order valence-corrected chi connectivity index (χ0v) is 12.8. The van der Waals surface area contributed by atoms with Gasteiger partial charge >= 0.3 is 5.97 Å². The lowest BCUT2D eigenvalue weighted by Crippen LogP contribution is -2.50. The molecule has 1 fully saturated rings. The SMILES string of the molecule is CN1CCN(NCc2c(C(=O)O)sc3ccccc23)CC1. The molecule has 2 aromatic rings. The number of hydrazine groups is 1. The second-order valence-electron chi connectivity index (χ2n) is 5.34. The van der Waals surface area contributed by atoms with Gasteiger partial charge in [0.25, 0.3) is 0 Å². The first-order valence-electron chi connectivity index (χ1n) is 7.06. The summed E-state index contributed by atoms with van der Waals surface area (Å²) in [4.78, 5) is 14.2. The largest absolute Gasteiger partial charge is 0.477 e. The fourth-order valence-electron chi connectivity index (χ4n) is 2.60. The number of carboxylic acid groups (broad SMARTS) is 1. The molecule has 1 aliphatic heterocycles. The molecule has 6 heteroatoms. The smallest absolute Gasteiger partial charge is 0.346 e. The fraction of sp³-hybridized carbons (Fsp3) is 0.400. The molecular weight excluding hydrogens is 286 g/mol. The van der Waals surface area contributed by atoms with Gasteiger partial charge in [-0.3, -0.25) is 5.43 Å². The summed E-state index contributed by atoms with van der Waals surface area (Å²) in [6, 6.07) is 7.88. The van der Waals surface area contributed by atoms with E-state index in [0.29, 0.717) is 11.4 Å². The van der Waals surface area contributed by atoms with Gasteiger partial charge in [-0.15, -0.1) is 11.3 Å². The van der Waals surface area contributed by atoms with Crippen LogP contribution in [0.1, 0.15) is 15.2 Å². The molecule has 1 aliphatic rings. The van der Waals surface area contributed by atoms with Crippen molar-refractivity contribution in [2.24, 2.45) is 0 Å². The van der Waals surface area contributed by atoms with Gasteiger partial charge in [0.1, 0.15) is 4.88 Å². The van der Waals surface area contributed by atoms with Crippen LogP contribution >= 0.6 is 11.3 Å². The van der Waals surface area contributed by atoms with E-state index < -0.39 is 5.97 Å². The molecule has 2 N–H and O–H groups in total. The van der Waals surface area contributed by atoms with E-state index in [1.165, 1.54) is 11.3 Å². The zero-order chi connectivity index (χ0) is 14.8. The molecule has 0 radical (unpaired) electrons. The standard InChI is InChI=1S/C15H19N3O2S/c1-17-6-8-18(9-7-17)16-10-12-11-4-2-3-5-13(11)21-14(12)15(19)20/h2-5,16H,6-10H2,1H3,(H,19,20). The van der Waals surface area contributed by atoms with Crippen LogP contribution < -0.4 is 5.43 Å². The van der Waals surface area contributed by atoms with E-state index in [2.05, 4.69) is 22.4 Å². The summed E-state index contributed by atoms with van der Waals surface area (Å²) < 4.78 is 1.03. The van der Waals surface area contributed by atoms with Gasteiger partial charge in [0, 0.05) is 43.0 Å². The molecule has 21 heavy (non-hydrogen) atoms. The monoisotopic (exact) mass is 305 g/mol. The van der Waals surface area contributed by atoms with Crippen molar-refractivity contribution in [3.63, 3.8) is 0 Å². The summed E-state index contributed by atoms with van der Waals surface area (Å²) in [5.74, 6) is -0.841. The van der Waals surface area contributed by atoms with Gasteiger partial charge in [0.05, 0.1) is 0 Å². The third-order valence-electron chi connectivity index (χ3n) is 3.88. The lowest BCUT2D eigenvalue weighted by Gasteiger charge is -2.32. The van der Waals surface area contributed by atoms with Crippen LogP contribution in [-0.2, 0) is 6.54 Å². The summed E-state index contributed by atoms with van der Waals surface area (Å²) in [5, 5.41) is 12.6. The number of fused-ring (bicyclic) bond motifs is 1. The Kier molecular flexibility index (Phi) is 4.21. The first-order chi connectivity index (χ1) is 10.1. The Labute approximate surface area is 127 Å². The maximum Gasteiger partial charge on any atom is 0.346 e. The highest BCUT2D eigenvalue weighted by Crippen LogP contribution is 2.31. The molecule has 0 amide bonds. The lowest BCUT2D eigenvalue weighted by atomic mass is 10.1. The maximum atomic E-state index is 11.4. The van der Waals surface area contributed by atoms with Crippen LogP contribution in [0.4, 0.5) is 0 Å². The molecule has 0 saturated carbocycles. The van der Waals surface area contributed by atoms with Crippen LogP contribution in [0.15, 0.2) is 24.3 Å². The minimum Gasteiger partial charge on any atom is -0.477 e. The molecule has 112 valence electrons. The number of thiophene rings is 1. The third kappa shape index (κ3) is 3.08. The van der Waals surface area contributed by atoms with Gasteiger partial charge in [-0.2, -0.15) is 0 Å². The molecule has 3 rings (SSSR count). The second kappa shape index (κ2) is 6.11.